The maximum absolute atomic E-state index is 10.7. The lowest BCUT2D eigenvalue weighted by atomic mass is 9.90. The van der Waals surface area contributed by atoms with Gasteiger partial charge in [0.15, 0.2) is 0 Å². The van der Waals surface area contributed by atoms with Gasteiger partial charge in [0, 0.05) is 12.1 Å². The first-order valence-corrected chi connectivity index (χ1v) is 17.0. The molecule has 3 aromatic carbocycles. The minimum Gasteiger partial charge on any atom is -0.493 e. The lowest BCUT2D eigenvalue weighted by molar-refractivity contribution is -0.141. The zero-order valence-electron chi connectivity index (χ0n) is 29.5. The third kappa shape index (κ3) is 14.8. The summed E-state index contributed by atoms with van der Waals surface area (Å²) in [6.45, 7) is 19.1. The Morgan fingerprint density at radius 1 is 0.867 bits per heavy atom. The van der Waals surface area contributed by atoms with E-state index in [4.69, 9.17) is 9.84 Å². The van der Waals surface area contributed by atoms with Crippen molar-refractivity contribution >= 4 is 17.4 Å². The van der Waals surface area contributed by atoms with E-state index in [0.29, 0.717) is 18.9 Å². The highest BCUT2D eigenvalue weighted by molar-refractivity contribution is 5.85. The Morgan fingerprint density at radius 3 is 1.93 bits per heavy atom. The monoisotopic (exact) mass is 613 g/mol. The molecule has 1 N–H and O–H groups in total. The molecular formula is C41H59NO3. The van der Waals surface area contributed by atoms with Gasteiger partial charge in [0.05, 0.1) is 18.2 Å². The molecular weight excluding hydrogens is 554 g/mol. The van der Waals surface area contributed by atoms with Crippen LogP contribution in [0.5, 0.6) is 5.75 Å². The summed E-state index contributed by atoms with van der Waals surface area (Å²) >= 11 is 0. The van der Waals surface area contributed by atoms with Gasteiger partial charge in [-0.25, -0.2) is 0 Å². The summed E-state index contributed by atoms with van der Waals surface area (Å²) in [6, 6.07) is 25.4. The number of benzene rings is 3. The molecule has 0 spiro atoms. The van der Waals surface area contributed by atoms with E-state index in [9.17, 15) is 4.79 Å². The minimum absolute atomic E-state index is 0.303. The fraction of sp³-hybridized carbons (Fsp3) is 0.463. The van der Waals surface area contributed by atoms with E-state index < -0.39 is 5.97 Å². The zero-order chi connectivity index (χ0) is 33.6. The summed E-state index contributed by atoms with van der Waals surface area (Å²) in [5, 5.41) is 8.81. The average Bonchev–Trinajstić information content (AvgIpc) is 3.05. The van der Waals surface area contributed by atoms with Crippen LogP contribution in [0, 0.1) is 5.92 Å². The quantitative estimate of drug-likeness (QED) is 0.173. The van der Waals surface area contributed by atoms with Crippen molar-refractivity contribution in [2.45, 2.75) is 113 Å². The molecule has 0 fully saturated rings. The summed E-state index contributed by atoms with van der Waals surface area (Å²) in [5.74, 6) is 0.611. The highest BCUT2D eigenvalue weighted by atomic mass is 16.5. The Balaban J connectivity index is 0.000000529. The molecule has 0 radical (unpaired) electrons. The topological polar surface area (TPSA) is 58.9 Å². The molecule has 3 aromatic rings. The Kier molecular flexibility index (Phi) is 19.9. The number of aryl methyl sites for hydroxylation is 1. The van der Waals surface area contributed by atoms with Gasteiger partial charge in [-0.15, -0.1) is 0 Å². The van der Waals surface area contributed by atoms with Crippen LogP contribution in [0.2, 0.25) is 0 Å². The molecule has 0 aliphatic heterocycles. The molecule has 4 nitrogen and oxygen atoms in total. The van der Waals surface area contributed by atoms with Gasteiger partial charge < -0.3 is 9.84 Å². The molecule has 1 atom stereocenters. The highest BCUT2D eigenvalue weighted by Crippen LogP contribution is 2.28. The third-order valence-electron chi connectivity index (χ3n) is 7.60. The fourth-order valence-electron chi connectivity index (χ4n) is 5.20. The summed E-state index contributed by atoms with van der Waals surface area (Å²) in [7, 11) is 0. The first-order valence-electron chi connectivity index (χ1n) is 17.0. The summed E-state index contributed by atoms with van der Waals surface area (Å²) in [4.78, 5) is 15.3. The maximum atomic E-state index is 10.7. The van der Waals surface area contributed by atoms with Crippen LogP contribution in [0.15, 0.2) is 83.9 Å². The molecule has 0 aromatic heterocycles. The number of hydrogen-bond acceptors (Lipinski definition) is 3. The molecule has 0 amide bonds. The number of carboxylic acid groups (broad SMARTS) is 1. The predicted molar refractivity (Wildman–Crippen MR) is 195 cm³/mol. The number of rotatable bonds is 15. The molecule has 45 heavy (non-hydrogen) atoms. The van der Waals surface area contributed by atoms with Crippen LogP contribution < -0.4 is 4.74 Å². The number of allylic oxidation sites excluding steroid dienone is 1. The third-order valence-corrected chi connectivity index (χ3v) is 7.60. The van der Waals surface area contributed by atoms with Crippen LogP contribution in [-0.2, 0) is 24.1 Å². The normalized spacial score (nSPS) is 11.5. The van der Waals surface area contributed by atoms with Gasteiger partial charge >= 0.3 is 5.97 Å². The van der Waals surface area contributed by atoms with Crippen molar-refractivity contribution < 1.29 is 14.6 Å². The van der Waals surface area contributed by atoms with E-state index in [-0.39, 0.29) is 5.92 Å². The Bertz CT molecular complexity index is 1280. The van der Waals surface area contributed by atoms with Gasteiger partial charge in [-0.1, -0.05) is 121 Å². The van der Waals surface area contributed by atoms with Crippen molar-refractivity contribution in [3.05, 3.63) is 107 Å². The van der Waals surface area contributed by atoms with Crippen LogP contribution in [0.4, 0.5) is 0 Å². The van der Waals surface area contributed by atoms with Gasteiger partial charge in [-0.2, -0.15) is 0 Å². The van der Waals surface area contributed by atoms with Crippen molar-refractivity contribution in [2.75, 3.05) is 6.61 Å². The van der Waals surface area contributed by atoms with Gasteiger partial charge in [-0.3, -0.25) is 9.79 Å². The average molecular weight is 614 g/mol. The highest BCUT2D eigenvalue weighted by Gasteiger charge is 2.13. The molecule has 0 aliphatic carbocycles. The summed E-state index contributed by atoms with van der Waals surface area (Å²) in [6.07, 6.45) is 9.55. The number of aliphatic carboxylic acids is 1. The predicted octanol–water partition coefficient (Wildman–Crippen LogP) is 11.4. The molecule has 0 unspecified atom stereocenters. The lowest BCUT2D eigenvalue weighted by Crippen LogP contribution is -2.13. The van der Waals surface area contributed by atoms with E-state index in [1.807, 2.05) is 52.8 Å². The van der Waals surface area contributed by atoms with Crippen LogP contribution in [0.1, 0.15) is 122 Å². The van der Waals surface area contributed by atoms with Crippen LogP contribution >= 0.6 is 0 Å². The molecule has 246 valence electrons. The van der Waals surface area contributed by atoms with Crippen molar-refractivity contribution in [2.24, 2.45) is 10.9 Å². The first-order chi connectivity index (χ1) is 21.7. The van der Waals surface area contributed by atoms with E-state index in [1.54, 1.807) is 6.92 Å². The maximum Gasteiger partial charge on any atom is 0.306 e. The van der Waals surface area contributed by atoms with Crippen molar-refractivity contribution in [1.29, 1.82) is 0 Å². The summed E-state index contributed by atoms with van der Waals surface area (Å²) < 4.78 is 5.98. The van der Waals surface area contributed by atoms with E-state index in [2.05, 4.69) is 86.4 Å². The molecule has 0 heterocycles. The van der Waals surface area contributed by atoms with E-state index in [0.717, 1.165) is 41.1 Å². The standard InChI is InChI=1S/C27H37NO.C12H16O2.C2H6/c1-6-9-23(10-7-2)24-15-17-26(18-16-24)29-20-19-22-11-13-25(14-12-22)27(8-3)28-21(4)5;1-3-10-6-4-5-7-11(10)8-9(2)12(13)14;1-2/h8,11-18,23H,6-7,9-10,19-20H2,1-5H3;4-7,9H,3,8H2,1-2H3,(H,13,14);1-2H3/b27-8-;;/t;9-;/m.1./s1. The molecule has 0 saturated carbocycles. The molecule has 4 heteroatoms. The van der Waals surface area contributed by atoms with Gasteiger partial charge in [0.2, 0.25) is 0 Å². The zero-order valence-corrected chi connectivity index (χ0v) is 29.5. The summed E-state index contributed by atoms with van der Waals surface area (Å²) in [5.41, 5.74) is 8.38. The number of nitrogens with zero attached hydrogens (tertiary/aromatic N) is 1. The SMILES string of the molecule is C/C=C(\N=C(C)C)c1ccc(CCOc2ccc(C(CCC)CCC)cc2)cc1.CC.CCc1ccccc1C[C@@H](C)C(=O)O. The van der Waals surface area contributed by atoms with Crippen molar-refractivity contribution in [1.82, 2.24) is 0 Å². The number of carboxylic acids is 1. The fourth-order valence-corrected chi connectivity index (χ4v) is 5.20. The van der Waals surface area contributed by atoms with Gasteiger partial charge in [0.25, 0.3) is 0 Å². The minimum atomic E-state index is -0.726. The smallest absolute Gasteiger partial charge is 0.306 e. The number of ether oxygens (including phenoxy) is 1. The van der Waals surface area contributed by atoms with Crippen LogP contribution in [-0.4, -0.2) is 23.4 Å². The molecule has 0 aliphatic rings. The second-order valence-corrected chi connectivity index (χ2v) is 11.4. The van der Waals surface area contributed by atoms with E-state index in [1.165, 1.54) is 42.4 Å². The number of aliphatic imine (C=N–C) groups is 1. The number of hydrogen-bond donors (Lipinski definition) is 1. The second kappa shape index (κ2) is 22.8. The van der Waals surface area contributed by atoms with Crippen molar-refractivity contribution in [3.63, 3.8) is 0 Å². The van der Waals surface area contributed by atoms with Crippen LogP contribution in [0.3, 0.4) is 0 Å². The lowest BCUT2D eigenvalue weighted by Gasteiger charge is -2.16. The van der Waals surface area contributed by atoms with Gasteiger partial charge in [-0.05, 0) is 92.3 Å². The molecule has 0 saturated heterocycles. The van der Waals surface area contributed by atoms with E-state index >= 15 is 0 Å². The largest absolute Gasteiger partial charge is 0.493 e. The van der Waals surface area contributed by atoms with Gasteiger partial charge in [0.1, 0.15) is 5.75 Å². The van der Waals surface area contributed by atoms with Crippen LogP contribution in [0.25, 0.3) is 5.70 Å². The second-order valence-electron chi connectivity index (χ2n) is 11.4. The first kappa shape index (κ1) is 39.4. The Hall–Kier alpha value is -3.66. The Morgan fingerprint density at radius 2 is 1.44 bits per heavy atom. The molecule has 0 bridgehead atoms. The molecule has 3 rings (SSSR count). The van der Waals surface area contributed by atoms with Crippen molar-refractivity contribution in [3.8, 4) is 5.75 Å². The Labute approximate surface area is 274 Å². The number of carbonyl (C=O) groups is 1.